The summed E-state index contributed by atoms with van der Waals surface area (Å²) < 4.78 is 25.6. The van der Waals surface area contributed by atoms with Crippen LogP contribution in [-0.4, -0.2) is 25.9 Å². The first-order valence-electron chi connectivity index (χ1n) is 6.18. The third-order valence-corrected chi connectivity index (χ3v) is 4.07. The quantitative estimate of drug-likeness (QED) is 0.802. The summed E-state index contributed by atoms with van der Waals surface area (Å²) in [5.41, 5.74) is 1.68. The Kier molecular flexibility index (Phi) is 6.03. The summed E-state index contributed by atoms with van der Waals surface area (Å²) in [6, 6.07) is 7.13. The second-order valence-corrected chi connectivity index (χ2v) is 6.19. The zero-order chi connectivity index (χ0) is 14.3. The highest BCUT2D eigenvalue weighted by molar-refractivity contribution is 7.89. The van der Waals surface area contributed by atoms with Gasteiger partial charge in [0, 0.05) is 18.0 Å². The maximum absolute atomic E-state index is 11.5. The van der Waals surface area contributed by atoms with Gasteiger partial charge in [-0.1, -0.05) is 24.0 Å². The molecule has 0 bridgehead atoms. The lowest BCUT2D eigenvalue weighted by Crippen LogP contribution is -2.28. The Hall–Kier alpha value is -1.35. The molecule has 0 saturated heterocycles. The van der Waals surface area contributed by atoms with Crippen molar-refractivity contribution in [3.05, 3.63) is 35.4 Å². The maximum atomic E-state index is 11.5. The van der Waals surface area contributed by atoms with Gasteiger partial charge in [-0.3, -0.25) is 0 Å². The zero-order valence-corrected chi connectivity index (χ0v) is 12.0. The van der Waals surface area contributed by atoms with Crippen molar-refractivity contribution in [3.63, 3.8) is 0 Å². The van der Waals surface area contributed by atoms with Crippen molar-refractivity contribution in [1.29, 1.82) is 0 Å². The second kappa shape index (κ2) is 7.29. The minimum absolute atomic E-state index is 0.0411. The van der Waals surface area contributed by atoms with Crippen LogP contribution < -0.4 is 4.72 Å². The van der Waals surface area contributed by atoms with Gasteiger partial charge >= 0.3 is 0 Å². The van der Waals surface area contributed by atoms with Crippen LogP contribution in [0.3, 0.4) is 0 Å². The van der Waals surface area contributed by atoms with Crippen LogP contribution in [0.25, 0.3) is 0 Å². The average Bonchev–Trinajstić information content (AvgIpc) is 2.39. The van der Waals surface area contributed by atoms with Gasteiger partial charge in [-0.25, -0.2) is 13.1 Å². The summed E-state index contributed by atoms with van der Waals surface area (Å²) in [4.78, 5) is 0. The SMILES string of the molecule is CCS(=O)(=O)NC(C)c1cccc(C#CCCO)c1. The number of nitrogens with one attached hydrogen (secondary N) is 1. The molecule has 1 unspecified atom stereocenters. The van der Waals surface area contributed by atoms with Gasteiger partial charge in [0.2, 0.25) is 10.0 Å². The first-order valence-corrected chi connectivity index (χ1v) is 7.83. The Labute approximate surface area is 114 Å². The van der Waals surface area contributed by atoms with E-state index in [2.05, 4.69) is 16.6 Å². The van der Waals surface area contributed by atoms with Gasteiger partial charge < -0.3 is 5.11 Å². The number of aliphatic hydroxyl groups excluding tert-OH is 1. The minimum atomic E-state index is -3.22. The molecule has 1 rings (SSSR count). The molecule has 2 N–H and O–H groups in total. The minimum Gasteiger partial charge on any atom is -0.395 e. The van der Waals surface area contributed by atoms with E-state index in [1.165, 1.54) is 0 Å². The number of rotatable bonds is 5. The highest BCUT2D eigenvalue weighted by atomic mass is 32.2. The molecule has 0 aliphatic carbocycles. The monoisotopic (exact) mass is 281 g/mol. The summed E-state index contributed by atoms with van der Waals surface area (Å²) in [6.07, 6.45) is 0.433. The number of sulfonamides is 1. The third-order valence-electron chi connectivity index (χ3n) is 2.59. The van der Waals surface area contributed by atoms with Crippen LogP contribution in [0.1, 0.15) is 37.4 Å². The van der Waals surface area contributed by atoms with Crippen molar-refractivity contribution in [3.8, 4) is 11.8 Å². The van der Waals surface area contributed by atoms with Gasteiger partial charge in [-0.05, 0) is 31.5 Å². The zero-order valence-electron chi connectivity index (χ0n) is 11.2. The van der Waals surface area contributed by atoms with Crippen LogP contribution in [0, 0.1) is 11.8 Å². The number of aliphatic hydroxyl groups is 1. The van der Waals surface area contributed by atoms with Gasteiger partial charge in [-0.15, -0.1) is 0 Å². The van der Waals surface area contributed by atoms with Crippen molar-refractivity contribution in [2.45, 2.75) is 26.3 Å². The number of hydrogen-bond acceptors (Lipinski definition) is 3. The van der Waals surface area contributed by atoms with Crippen LogP contribution >= 0.6 is 0 Å². The molecule has 0 amide bonds. The van der Waals surface area contributed by atoms with Crippen LogP contribution in [-0.2, 0) is 10.0 Å². The van der Waals surface area contributed by atoms with E-state index < -0.39 is 10.0 Å². The third kappa shape index (κ3) is 5.43. The van der Waals surface area contributed by atoms with E-state index >= 15 is 0 Å². The van der Waals surface area contributed by atoms with Gasteiger partial charge in [0.25, 0.3) is 0 Å². The maximum Gasteiger partial charge on any atom is 0.211 e. The standard InChI is InChI=1S/C14H19NO3S/c1-3-19(17,18)15-12(2)14-9-6-8-13(11-14)7-4-5-10-16/h6,8-9,11-12,15-16H,3,5,10H2,1-2H3. The largest absolute Gasteiger partial charge is 0.395 e. The van der Waals surface area contributed by atoms with E-state index in [4.69, 9.17) is 5.11 Å². The van der Waals surface area contributed by atoms with E-state index in [1.807, 2.05) is 24.3 Å². The summed E-state index contributed by atoms with van der Waals surface area (Å²) in [5.74, 6) is 5.83. The molecule has 1 aromatic carbocycles. The molecule has 0 fully saturated rings. The van der Waals surface area contributed by atoms with Gasteiger partial charge in [0.05, 0.1) is 12.4 Å². The average molecular weight is 281 g/mol. The Bertz CT molecular complexity index is 570. The van der Waals surface area contributed by atoms with E-state index in [9.17, 15) is 8.42 Å². The molecular formula is C14H19NO3S. The first-order chi connectivity index (χ1) is 8.98. The van der Waals surface area contributed by atoms with Crippen molar-refractivity contribution < 1.29 is 13.5 Å². The van der Waals surface area contributed by atoms with Crippen LogP contribution in [0.15, 0.2) is 24.3 Å². The van der Waals surface area contributed by atoms with E-state index in [-0.39, 0.29) is 18.4 Å². The fourth-order valence-electron chi connectivity index (χ4n) is 1.53. The highest BCUT2D eigenvalue weighted by Gasteiger charge is 2.13. The Morgan fingerprint density at radius 2 is 2.16 bits per heavy atom. The first kappa shape index (κ1) is 15.7. The predicted molar refractivity (Wildman–Crippen MR) is 76.0 cm³/mol. The molecule has 1 aromatic rings. The van der Waals surface area contributed by atoms with Crippen LogP contribution in [0.5, 0.6) is 0 Å². The summed E-state index contributed by atoms with van der Waals surface area (Å²) in [5, 5.41) is 8.66. The van der Waals surface area contributed by atoms with E-state index in [0.717, 1.165) is 11.1 Å². The molecule has 19 heavy (non-hydrogen) atoms. The second-order valence-electron chi connectivity index (χ2n) is 4.14. The fraction of sp³-hybridized carbons (Fsp3) is 0.429. The van der Waals surface area contributed by atoms with Crippen molar-refractivity contribution >= 4 is 10.0 Å². The highest BCUT2D eigenvalue weighted by Crippen LogP contribution is 2.14. The van der Waals surface area contributed by atoms with Gasteiger partial charge in [0.15, 0.2) is 0 Å². The Morgan fingerprint density at radius 1 is 1.42 bits per heavy atom. The molecule has 0 spiro atoms. The molecule has 0 aliphatic rings. The smallest absolute Gasteiger partial charge is 0.211 e. The molecule has 1 atom stereocenters. The lowest BCUT2D eigenvalue weighted by Gasteiger charge is -2.13. The van der Waals surface area contributed by atoms with Gasteiger partial charge in [-0.2, -0.15) is 0 Å². The normalized spacial score (nSPS) is 12.6. The summed E-state index contributed by atoms with van der Waals surface area (Å²) >= 11 is 0. The molecule has 5 heteroatoms. The topological polar surface area (TPSA) is 66.4 Å². The summed E-state index contributed by atoms with van der Waals surface area (Å²) in [6.45, 7) is 3.44. The molecular weight excluding hydrogens is 262 g/mol. The molecule has 0 saturated carbocycles. The van der Waals surface area contributed by atoms with Crippen LogP contribution in [0.2, 0.25) is 0 Å². The molecule has 0 radical (unpaired) electrons. The van der Waals surface area contributed by atoms with Gasteiger partial charge in [0.1, 0.15) is 0 Å². The van der Waals surface area contributed by atoms with Crippen molar-refractivity contribution in [2.75, 3.05) is 12.4 Å². The molecule has 4 nitrogen and oxygen atoms in total. The molecule has 0 heterocycles. The van der Waals surface area contributed by atoms with Crippen molar-refractivity contribution in [2.24, 2.45) is 0 Å². The Balaban J connectivity index is 2.85. The van der Waals surface area contributed by atoms with Crippen LogP contribution in [0.4, 0.5) is 0 Å². The Morgan fingerprint density at radius 3 is 2.79 bits per heavy atom. The van der Waals surface area contributed by atoms with E-state index in [0.29, 0.717) is 6.42 Å². The van der Waals surface area contributed by atoms with E-state index in [1.54, 1.807) is 13.8 Å². The molecule has 104 valence electrons. The molecule has 0 aliphatic heterocycles. The fourth-order valence-corrected chi connectivity index (χ4v) is 2.37. The lowest BCUT2D eigenvalue weighted by molar-refractivity contribution is 0.305. The number of hydrogen-bond donors (Lipinski definition) is 2. The lowest BCUT2D eigenvalue weighted by atomic mass is 10.1. The predicted octanol–water partition coefficient (Wildman–Crippen LogP) is 1.42. The number of benzene rings is 1. The van der Waals surface area contributed by atoms with Crippen molar-refractivity contribution in [1.82, 2.24) is 4.72 Å². The summed E-state index contributed by atoms with van der Waals surface area (Å²) in [7, 11) is -3.22. The molecule has 0 aromatic heterocycles.